The Bertz CT molecular complexity index is 345. The predicted molar refractivity (Wildman–Crippen MR) is 81.8 cm³/mol. The fourth-order valence-electron chi connectivity index (χ4n) is 1.71. The van der Waals surface area contributed by atoms with Gasteiger partial charge in [0, 0.05) is 19.8 Å². The van der Waals surface area contributed by atoms with Crippen LogP contribution >= 0.6 is 0 Å². The molecule has 19 heavy (non-hydrogen) atoms. The van der Waals surface area contributed by atoms with Gasteiger partial charge in [0.05, 0.1) is 0 Å². The average Bonchev–Trinajstić information content (AvgIpc) is 2.44. The zero-order chi connectivity index (χ0) is 13.9. The van der Waals surface area contributed by atoms with Crippen LogP contribution in [-0.4, -0.2) is 35.5 Å². The summed E-state index contributed by atoms with van der Waals surface area (Å²) in [6.45, 7) is 9.76. The molecule has 0 aliphatic carbocycles. The van der Waals surface area contributed by atoms with E-state index in [1.54, 1.807) is 0 Å². The van der Waals surface area contributed by atoms with E-state index in [0.717, 1.165) is 18.6 Å². The summed E-state index contributed by atoms with van der Waals surface area (Å²) in [5.41, 5.74) is 2.43. The summed E-state index contributed by atoms with van der Waals surface area (Å²) in [6, 6.07) is 8.38. The van der Waals surface area contributed by atoms with Gasteiger partial charge in [-0.15, -0.1) is 0 Å². The first kappa shape index (κ1) is 16.1. The molecule has 0 N–H and O–H groups in total. The Morgan fingerprint density at radius 1 is 1.16 bits per heavy atom. The van der Waals surface area contributed by atoms with Crippen molar-refractivity contribution in [2.24, 2.45) is 0 Å². The molecule has 0 fully saturated rings. The highest BCUT2D eigenvalue weighted by Gasteiger charge is 2.08. The van der Waals surface area contributed by atoms with Crippen molar-refractivity contribution in [1.82, 2.24) is 0 Å². The van der Waals surface area contributed by atoms with Gasteiger partial charge in [0.25, 0.3) is 0 Å². The van der Waals surface area contributed by atoms with E-state index in [1.807, 2.05) is 19.9 Å². The molecule has 0 unspecified atom stereocenters. The predicted octanol–water partition coefficient (Wildman–Crippen LogP) is 2.33. The van der Waals surface area contributed by atoms with Crippen LogP contribution in [0.25, 0.3) is 6.08 Å². The quantitative estimate of drug-likeness (QED) is 0.374. The zero-order valence-corrected chi connectivity index (χ0v) is 13.3. The summed E-state index contributed by atoms with van der Waals surface area (Å²) in [7, 11) is -0.785. The van der Waals surface area contributed by atoms with Gasteiger partial charge in [0.2, 0.25) is 9.76 Å². The Morgan fingerprint density at radius 3 is 2.32 bits per heavy atom. The molecule has 3 nitrogen and oxygen atoms in total. The normalized spacial score (nSPS) is 11.5. The lowest BCUT2D eigenvalue weighted by molar-refractivity contribution is -0.0898. The van der Waals surface area contributed by atoms with Crippen LogP contribution in [0.2, 0.25) is 0 Å². The molecule has 0 spiro atoms. The Hall–Kier alpha value is -0.943. The standard InChI is InChI=1S/C15H24O3Si/c1-4-13-7-9-14(10-8-13)11-12-18-19-15(16-5-2)17-6-3/h4,7-10,15H,1,5-6,11-12,19H2,2-3H3. The van der Waals surface area contributed by atoms with Gasteiger partial charge in [-0.3, -0.25) is 0 Å². The maximum absolute atomic E-state index is 5.73. The highest BCUT2D eigenvalue weighted by atomic mass is 28.2. The second-order valence-electron chi connectivity index (χ2n) is 4.11. The van der Waals surface area contributed by atoms with E-state index in [0.29, 0.717) is 13.2 Å². The van der Waals surface area contributed by atoms with Crippen LogP contribution in [0.3, 0.4) is 0 Å². The second kappa shape index (κ2) is 9.92. The van der Waals surface area contributed by atoms with Crippen molar-refractivity contribution in [3.8, 4) is 0 Å². The van der Waals surface area contributed by atoms with E-state index in [4.69, 9.17) is 13.9 Å². The first-order valence-corrected chi connectivity index (χ1v) is 8.21. The Balaban J connectivity index is 2.23. The molecule has 1 aromatic rings. The minimum atomic E-state index is -0.785. The van der Waals surface area contributed by atoms with Crippen molar-refractivity contribution >= 4 is 15.8 Å². The fraction of sp³-hybridized carbons (Fsp3) is 0.467. The van der Waals surface area contributed by atoms with Crippen LogP contribution in [-0.2, 0) is 20.3 Å². The van der Waals surface area contributed by atoms with Crippen LogP contribution in [0.5, 0.6) is 0 Å². The lowest BCUT2D eigenvalue weighted by Gasteiger charge is -2.16. The third-order valence-corrected chi connectivity index (χ3v) is 3.98. The maximum atomic E-state index is 5.73. The van der Waals surface area contributed by atoms with E-state index in [2.05, 4.69) is 30.8 Å². The van der Waals surface area contributed by atoms with Crippen molar-refractivity contribution in [1.29, 1.82) is 0 Å². The third kappa shape index (κ3) is 6.68. The summed E-state index contributed by atoms with van der Waals surface area (Å²) in [5, 5.41) is 0. The highest BCUT2D eigenvalue weighted by molar-refractivity contribution is 6.28. The second-order valence-corrected chi connectivity index (χ2v) is 5.52. The Morgan fingerprint density at radius 2 is 1.79 bits per heavy atom. The van der Waals surface area contributed by atoms with Gasteiger partial charge in [-0.05, 0) is 31.4 Å². The molecule has 0 atom stereocenters. The van der Waals surface area contributed by atoms with Gasteiger partial charge in [0.1, 0.15) is 0 Å². The minimum absolute atomic E-state index is 0.113. The van der Waals surface area contributed by atoms with Crippen molar-refractivity contribution in [2.45, 2.75) is 26.2 Å². The molecule has 0 saturated heterocycles. The summed E-state index contributed by atoms with van der Waals surface area (Å²) < 4.78 is 16.7. The van der Waals surface area contributed by atoms with E-state index in [9.17, 15) is 0 Å². The van der Waals surface area contributed by atoms with Crippen LogP contribution < -0.4 is 0 Å². The van der Waals surface area contributed by atoms with Gasteiger partial charge in [-0.1, -0.05) is 36.9 Å². The summed E-state index contributed by atoms with van der Waals surface area (Å²) >= 11 is 0. The van der Waals surface area contributed by atoms with E-state index < -0.39 is 9.76 Å². The van der Waals surface area contributed by atoms with Crippen LogP contribution in [0.4, 0.5) is 0 Å². The molecule has 4 heteroatoms. The van der Waals surface area contributed by atoms with Crippen molar-refractivity contribution < 1.29 is 13.9 Å². The van der Waals surface area contributed by atoms with Gasteiger partial charge < -0.3 is 13.9 Å². The number of hydrogen-bond donors (Lipinski definition) is 0. The molecule has 0 amide bonds. The van der Waals surface area contributed by atoms with Crippen LogP contribution in [0, 0.1) is 0 Å². The molecule has 0 aromatic heterocycles. The molecule has 0 aliphatic heterocycles. The number of rotatable bonds is 10. The SMILES string of the molecule is C=Cc1ccc(CCO[SiH2]C(OCC)OCC)cc1. The first-order valence-electron chi connectivity index (χ1n) is 6.82. The molecular weight excluding hydrogens is 256 g/mol. The number of hydrogen-bond acceptors (Lipinski definition) is 3. The monoisotopic (exact) mass is 280 g/mol. The number of ether oxygens (including phenoxy) is 2. The molecule has 1 rings (SSSR count). The molecular formula is C15H24O3Si. The van der Waals surface area contributed by atoms with Gasteiger partial charge in [0.15, 0.2) is 5.91 Å². The summed E-state index contributed by atoms with van der Waals surface area (Å²) in [5.74, 6) is -0.113. The lowest BCUT2D eigenvalue weighted by Crippen LogP contribution is -2.27. The Labute approximate surface area is 118 Å². The van der Waals surface area contributed by atoms with Gasteiger partial charge >= 0.3 is 0 Å². The Kier molecular flexibility index (Phi) is 8.41. The molecule has 0 saturated carbocycles. The average molecular weight is 280 g/mol. The molecule has 0 bridgehead atoms. The molecule has 0 heterocycles. The molecule has 1 aromatic carbocycles. The molecule has 0 radical (unpaired) electrons. The third-order valence-electron chi connectivity index (χ3n) is 2.71. The van der Waals surface area contributed by atoms with E-state index in [1.165, 1.54) is 5.56 Å². The topological polar surface area (TPSA) is 27.7 Å². The van der Waals surface area contributed by atoms with Crippen LogP contribution in [0.1, 0.15) is 25.0 Å². The lowest BCUT2D eigenvalue weighted by atomic mass is 10.1. The van der Waals surface area contributed by atoms with Crippen LogP contribution in [0.15, 0.2) is 30.8 Å². The van der Waals surface area contributed by atoms with Crippen molar-refractivity contribution in [2.75, 3.05) is 19.8 Å². The van der Waals surface area contributed by atoms with E-state index in [-0.39, 0.29) is 5.91 Å². The van der Waals surface area contributed by atoms with Crippen molar-refractivity contribution in [3.05, 3.63) is 42.0 Å². The number of benzene rings is 1. The molecule has 106 valence electrons. The van der Waals surface area contributed by atoms with E-state index >= 15 is 0 Å². The molecule has 0 aliphatic rings. The summed E-state index contributed by atoms with van der Waals surface area (Å²) in [4.78, 5) is 0. The zero-order valence-electron chi connectivity index (χ0n) is 11.9. The van der Waals surface area contributed by atoms with Crippen molar-refractivity contribution in [3.63, 3.8) is 0 Å². The first-order chi connectivity index (χ1) is 9.30. The van der Waals surface area contributed by atoms with Gasteiger partial charge in [-0.2, -0.15) is 0 Å². The minimum Gasteiger partial charge on any atom is -0.418 e. The fourth-order valence-corrected chi connectivity index (χ4v) is 2.87. The smallest absolute Gasteiger partial charge is 0.223 e. The largest absolute Gasteiger partial charge is 0.418 e. The van der Waals surface area contributed by atoms with Gasteiger partial charge in [-0.25, -0.2) is 0 Å². The summed E-state index contributed by atoms with van der Waals surface area (Å²) in [6.07, 6.45) is 2.78. The highest BCUT2D eigenvalue weighted by Crippen LogP contribution is 2.06. The maximum Gasteiger partial charge on any atom is 0.223 e.